The van der Waals surface area contributed by atoms with Gasteiger partial charge in [0.25, 0.3) is 0 Å². The molecule has 2 heteroatoms. The van der Waals surface area contributed by atoms with Gasteiger partial charge in [-0.15, -0.1) is 0 Å². The van der Waals surface area contributed by atoms with Crippen molar-refractivity contribution < 1.29 is 0 Å². The summed E-state index contributed by atoms with van der Waals surface area (Å²) < 4.78 is 0. The van der Waals surface area contributed by atoms with E-state index in [0.717, 1.165) is 34.6 Å². The Morgan fingerprint density at radius 1 is 0.950 bits per heavy atom. The van der Waals surface area contributed by atoms with Crippen molar-refractivity contribution in [1.82, 2.24) is 0 Å². The molecule has 1 radical (unpaired) electrons. The summed E-state index contributed by atoms with van der Waals surface area (Å²) in [5.74, 6) is 4.02. The van der Waals surface area contributed by atoms with Gasteiger partial charge in [0, 0.05) is 5.25 Å². The molecule has 6 unspecified atom stereocenters. The molecule has 0 fully saturated rings. The summed E-state index contributed by atoms with van der Waals surface area (Å²) in [6, 6.07) is 0. The highest BCUT2D eigenvalue weighted by Crippen LogP contribution is 2.38. The van der Waals surface area contributed by atoms with Crippen LogP contribution < -0.4 is 0 Å². The topological polar surface area (TPSA) is 0 Å². The second kappa shape index (κ2) is 11.0. The molecular weight excluding hydrogens is 259 g/mol. The number of hydrogen-bond acceptors (Lipinski definition) is 1. The van der Waals surface area contributed by atoms with Crippen LogP contribution in [0.1, 0.15) is 74.1 Å². The molecule has 0 aromatic carbocycles. The number of thioether (sulfide) groups is 1. The molecule has 0 aromatic heterocycles. The fourth-order valence-corrected chi connectivity index (χ4v) is 4.39. The van der Waals surface area contributed by atoms with Crippen molar-refractivity contribution >= 4 is 19.0 Å². The van der Waals surface area contributed by atoms with E-state index in [1.54, 1.807) is 0 Å². The Bertz CT molecular complexity index is 231. The fourth-order valence-electron chi connectivity index (χ4n) is 3.60. The maximum Gasteiger partial charge on any atom is 0.118 e. The molecular formula is C18H38BS. The average molecular weight is 297 g/mol. The fraction of sp³-hybridized carbons (Fsp3) is 1.00. The van der Waals surface area contributed by atoms with Gasteiger partial charge in [0.2, 0.25) is 0 Å². The highest BCUT2D eigenvalue weighted by atomic mass is 32.2. The van der Waals surface area contributed by atoms with Crippen LogP contribution in [0.2, 0.25) is 11.6 Å². The largest absolute Gasteiger partial charge is 0.162 e. The minimum atomic E-state index is 0.754. The van der Waals surface area contributed by atoms with Crippen LogP contribution in [-0.4, -0.2) is 18.8 Å². The van der Waals surface area contributed by atoms with Gasteiger partial charge in [0.05, 0.1) is 0 Å². The van der Waals surface area contributed by atoms with E-state index in [2.05, 4.69) is 62.0 Å². The minimum Gasteiger partial charge on any atom is -0.162 e. The van der Waals surface area contributed by atoms with E-state index in [0.29, 0.717) is 0 Å². The standard InChI is InChI=1S/C18H38BS/c1-9-12-13(4)15(6)19-18(11-3)14(5)17(10-2)16(7)20-8/h13-18H,9-12H2,1-8H3. The predicted octanol–water partition coefficient (Wildman–Crippen LogP) is 6.55. The van der Waals surface area contributed by atoms with E-state index in [1.807, 2.05) is 11.8 Å². The maximum absolute atomic E-state index is 2.68. The van der Waals surface area contributed by atoms with Crippen molar-refractivity contribution in [1.29, 1.82) is 0 Å². The van der Waals surface area contributed by atoms with Gasteiger partial charge in [-0.1, -0.05) is 85.8 Å². The van der Waals surface area contributed by atoms with Crippen molar-refractivity contribution in [3.8, 4) is 0 Å². The Kier molecular flexibility index (Phi) is 11.3. The third-order valence-electron chi connectivity index (χ3n) is 5.46. The van der Waals surface area contributed by atoms with Gasteiger partial charge in [0.1, 0.15) is 7.28 Å². The zero-order chi connectivity index (χ0) is 15.7. The Balaban J connectivity index is 4.64. The molecule has 0 aliphatic rings. The van der Waals surface area contributed by atoms with Gasteiger partial charge in [0.15, 0.2) is 0 Å². The molecule has 0 nitrogen and oxygen atoms in total. The second-order valence-electron chi connectivity index (χ2n) is 6.76. The number of rotatable bonds is 11. The van der Waals surface area contributed by atoms with Crippen molar-refractivity contribution in [2.75, 3.05) is 6.26 Å². The first-order valence-electron chi connectivity index (χ1n) is 8.80. The zero-order valence-electron chi connectivity index (χ0n) is 15.3. The van der Waals surface area contributed by atoms with Gasteiger partial charge in [-0.25, -0.2) is 0 Å². The predicted molar refractivity (Wildman–Crippen MR) is 99.2 cm³/mol. The lowest BCUT2D eigenvalue weighted by Crippen LogP contribution is -2.28. The Morgan fingerprint density at radius 2 is 1.55 bits per heavy atom. The highest BCUT2D eigenvalue weighted by Gasteiger charge is 2.29. The molecule has 0 N–H and O–H groups in total. The smallest absolute Gasteiger partial charge is 0.118 e. The van der Waals surface area contributed by atoms with Crippen molar-refractivity contribution in [3.63, 3.8) is 0 Å². The van der Waals surface area contributed by atoms with Gasteiger partial charge < -0.3 is 0 Å². The second-order valence-corrected chi connectivity index (χ2v) is 7.98. The van der Waals surface area contributed by atoms with E-state index < -0.39 is 0 Å². The lowest BCUT2D eigenvalue weighted by Gasteiger charge is -2.35. The summed E-state index contributed by atoms with van der Waals surface area (Å²) in [5, 5.41) is 0.779. The first kappa shape index (κ1) is 20.4. The van der Waals surface area contributed by atoms with Crippen LogP contribution in [-0.2, 0) is 0 Å². The third kappa shape index (κ3) is 6.45. The summed E-state index contributed by atoms with van der Waals surface area (Å²) in [6.07, 6.45) is 7.54. The summed E-state index contributed by atoms with van der Waals surface area (Å²) >= 11 is 2.03. The molecule has 0 bridgehead atoms. The molecule has 0 aliphatic heterocycles. The Hall–Kier alpha value is 0.415. The van der Waals surface area contributed by atoms with E-state index in [1.165, 1.54) is 25.7 Å². The first-order chi connectivity index (χ1) is 9.42. The Labute approximate surface area is 134 Å². The monoisotopic (exact) mass is 297 g/mol. The quantitative estimate of drug-likeness (QED) is 0.390. The lowest BCUT2D eigenvalue weighted by atomic mass is 9.47. The van der Waals surface area contributed by atoms with Crippen LogP contribution in [0, 0.1) is 17.8 Å². The van der Waals surface area contributed by atoms with E-state index in [9.17, 15) is 0 Å². The van der Waals surface area contributed by atoms with Crippen LogP contribution in [0.3, 0.4) is 0 Å². The Morgan fingerprint density at radius 3 is 1.95 bits per heavy atom. The van der Waals surface area contributed by atoms with E-state index in [4.69, 9.17) is 0 Å². The van der Waals surface area contributed by atoms with Crippen LogP contribution >= 0.6 is 11.8 Å². The van der Waals surface area contributed by atoms with Gasteiger partial charge in [-0.05, 0) is 24.0 Å². The molecule has 0 aromatic rings. The zero-order valence-corrected chi connectivity index (χ0v) is 16.1. The molecule has 6 atom stereocenters. The molecule has 0 saturated carbocycles. The summed E-state index contributed by atoms with van der Waals surface area (Å²) in [5.41, 5.74) is 0. The van der Waals surface area contributed by atoms with E-state index >= 15 is 0 Å². The average Bonchev–Trinajstić information content (AvgIpc) is 2.44. The van der Waals surface area contributed by atoms with Crippen molar-refractivity contribution in [2.24, 2.45) is 17.8 Å². The first-order valence-corrected chi connectivity index (χ1v) is 10.1. The van der Waals surface area contributed by atoms with Crippen LogP contribution in [0.4, 0.5) is 0 Å². The SMILES string of the molecule is CCCC(C)C(C)[B]C(CC)C(C)C(CC)C(C)SC. The van der Waals surface area contributed by atoms with Crippen LogP contribution in [0.15, 0.2) is 0 Å². The van der Waals surface area contributed by atoms with E-state index in [-0.39, 0.29) is 0 Å². The molecule has 119 valence electrons. The van der Waals surface area contributed by atoms with Gasteiger partial charge in [-0.2, -0.15) is 11.8 Å². The van der Waals surface area contributed by atoms with Crippen molar-refractivity contribution in [2.45, 2.75) is 91.0 Å². The van der Waals surface area contributed by atoms with Gasteiger partial charge in [-0.3, -0.25) is 0 Å². The summed E-state index contributed by atoms with van der Waals surface area (Å²) in [4.78, 5) is 0. The summed E-state index contributed by atoms with van der Waals surface area (Å²) in [6.45, 7) is 16.8. The van der Waals surface area contributed by atoms with Gasteiger partial charge >= 0.3 is 0 Å². The lowest BCUT2D eigenvalue weighted by molar-refractivity contribution is 0.320. The maximum atomic E-state index is 2.68. The minimum absolute atomic E-state index is 0.754. The molecule has 0 saturated heterocycles. The summed E-state index contributed by atoms with van der Waals surface area (Å²) in [7, 11) is 2.68. The van der Waals surface area contributed by atoms with Crippen molar-refractivity contribution in [3.05, 3.63) is 0 Å². The molecule has 0 spiro atoms. The molecule has 0 aliphatic carbocycles. The third-order valence-corrected chi connectivity index (χ3v) is 6.55. The number of hydrogen-bond donors (Lipinski definition) is 0. The molecule has 20 heavy (non-hydrogen) atoms. The normalized spacial score (nSPS) is 20.8. The highest BCUT2D eigenvalue weighted by molar-refractivity contribution is 7.99. The van der Waals surface area contributed by atoms with Crippen LogP contribution in [0.5, 0.6) is 0 Å². The molecule has 0 rings (SSSR count). The van der Waals surface area contributed by atoms with Crippen LogP contribution in [0.25, 0.3) is 0 Å². The molecule has 0 amide bonds. The molecule has 0 heterocycles.